The first-order chi connectivity index (χ1) is 8.44. The van der Waals surface area contributed by atoms with Gasteiger partial charge in [0.15, 0.2) is 0 Å². The second-order valence-corrected chi connectivity index (χ2v) is 7.23. The minimum Gasteiger partial charge on any atom is -0.330 e. The van der Waals surface area contributed by atoms with Crippen LogP contribution in [0.15, 0.2) is 0 Å². The molecule has 0 saturated carbocycles. The Hall–Kier alpha value is -0.0800. The molecule has 108 valence electrons. The Morgan fingerprint density at radius 2 is 1.78 bits per heavy atom. The fourth-order valence-electron chi connectivity index (χ4n) is 3.14. The summed E-state index contributed by atoms with van der Waals surface area (Å²) >= 11 is 0. The van der Waals surface area contributed by atoms with Gasteiger partial charge in [-0.1, -0.05) is 27.7 Å². The van der Waals surface area contributed by atoms with Gasteiger partial charge in [0.2, 0.25) is 0 Å². The van der Waals surface area contributed by atoms with E-state index < -0.39 is 0 Å². The van der Waals surface area contributed by atoms with Crippen LogP contribution in [-0.2, 0) is 0 Å². The summed E-state index contributed by atoms with van der Waals surface area (Å²) in [5.74, 6) is 1.84. The molecule has 0 atom stereocenters. The van der Waals surface area contributed by atoms with E-state index in [-0.39, 0.29) is 0 Å². The van der Waals surface area contributed by atoms with E-state index >= 15 is 0 Å². The molecular weight excluding hydrogens is 220 g/mol. The number of hydrogen-bond donors (Lipinski definition) is 1. The predicted octanol–water partition coefficient (Wildman–Crippen LogP) is 3.51. The third kappa shape index (κ3) is 5.71. The number of hydrogen-bond acceptors (Lipinski definition) is 2. The first kappa shape index (κ1) is 16.0. The maximum Gasteiger partial charge on any atom is -0.00160 e. The highest BCUT2D eigenvalue weighted by Gasteiger charge is 2.22. The van der Waals surface area contributed by atoms with Crippen LogP contribution in [0.25, 0.3) is 0 Å². The van der Waals surface area contributed by atoms with Gasteiger partial charge in [-0.05, 0) is 75.5 Å². The smallest absolute Gasteiger partial charge is 0.00160 e. The van der Waals surface area contributed by atoms with E-state index in [1.165, 1.54) is 45.3 Å². The molecule has 0 aromatic carbocycles. The third-order valence-corrected chi connectivity index (χ3v) is 4.72. The Labute approximate surface area is 114 Å². The van der Waals surface area contributed by atoms with Gasteiger partial charge in [0.05, 0.1) is 0 Å². The third-order valence-electron chi connectivity index (χ3n) is 4.72. The SMILES string of the molecule is CC(C)C1CCN(CCCC(C)(C)CCN)CC1. The highest BCUT2D eigenvalue weighted by atomic mass is 15.1. The first-order valence-corrected chi connectivity index (χ1v) is 7.87. The van der Waals surface area contributed by atoms with Gasteiger partial charge >= 0.3 is 0 Å². The van der Waals surface area contributed by atoms with Crippen LogP contribution in [0.4, 0.5) is 0 Å². The monoisotopic (exact) mass is 254 g/mol. The Balaban J connectivity index is 2.14. The predicted molar refractivity (Wildman–Crippen MR) is 80.7 cm³/mol. The lowest BCUT2D eigenvalue weighted by Crippen LogP contribution is -2.36. The summed E-state index contributed by atoms with van der Waals surface area (Å²) in [6.07, 6.45) is 6.61. The molecular formula is C16H34N2. The van der Waals surface area contributed by atoms with Crippen molar-refractivity contribution < 1.29 is 0 Å². The summed E-state index contributed by atoms with van der Waals surface area (Å²) in [6, 6.07) is 0. The van der Waals surface area contributed by atoms with Crippen molar-refractivity contribution in [3.8, 4) is 0 Å². The summed E-state index contributed by atoms with van der Waals surface area (Å²) < 4.78 is 0. The highest BCUT2D eigenvalue weighted by molar-refractivity contribution is 4.75. The Kier molecular flexibility index (Phi) is 6.65. The van der Waals surface area contributed by atoms with Gasteiger partial charge in [-0.25, -0.2) is 0 Å². The second-order valence-electron chi connectivity index (χ2n) is 7.23. The van der Waals surface area contributed by atoms with Crippen molar-refractivity contribution in [2.24, 2.45) is 23.0 Å². The van der Waals surface area contributed by atoms with Gasteiger partial charge in [0.1, 0.15) is 0 Å². The molecule has 1 saturated heterocycles. The molecule has 1 rings (SSSR count). The quantitative estimate of drug-likeness (QED) is 0.753. The van der Waals surface area contributed by atoms with Gasteiger partial charge in [-0.3, -0.25) is 0 Å². The van der Waals surface area contributed by atoms with Crippen molar-refractivity contribution in [1.29, 1.82) is 0 Å². The molecule has 1 heterocycles. The number of nitrogens with zero attached hydrogens (tertiary/aromatic N) is 1. The number of piperidine rings is 1. The summed E-state index contributed by atoms with van der Waals surface area (Å²) in [7, 11) is 0. The molecule has 0 aromatic rings. The van der Waals surface area contributed by atoms with Gasteiger partial charge < -0.3 is 10.6 Å². The van der Waals surface area contributed by atoms with E-state index in [0.717, 1.165) is 24.8 Å². The summed E-state index contributed by atoms with van der Waals surface area (Å²) in [6.45, 7) is 14.2. The molecule has 0 amide bonds. The second kappa shape index (κ2) is 7.49. The van der Waals surface area contributed by atoms with Crippen molar-refractivity contribution in [1.82, 2.24) is 4.90 Å². The van der Waals surface area contributed by atoms with Gasteiger partial charge in [0, 0.05) is 0 Å². The Morgan fingerprint density at radius 1 is 1.17 bits per heavy atom. The lowest BCUT2D eigenvalue weighted by Gasteiger charge is -2.34. The summed E-state index contributed by atoms with van der Waals surface area (Å²) in [5, 5.41) is 0. The van der Waals surface area contributed by atoms with Crippen molar-refractivity contribution in [2.45, 2.75) is 59.8 Å². The van der Waals surface area contributed by atoms with Crippen LogP contribution in [0.2, 0.25) is 0 Å². The van der Waals surface area contributed by atoms with Crippen LogP contribution in [-0.4, -0.2) is 31.1 Å². The molecule has 0 aromatic heterocycles. The maximum absolute atomic E-state index is 5.66. The van der Waals surface area contributed by atoms with Crippen LogP contribution in [0.5, 0.6) is 0 Å². The van der Waals surface area contributed by atoms with Crippen LogP contribution in [0.3, 0.4) is 0 Å². The number of nitrogens with two attached hydrogens (primary N) is 1. The van der Waals surface area contributed by atoms with Crippen LogP contribution >= 0.6 is 0 Å². The molecule has 1 aliphatic heterocycles. The zero-order valence-electron chi connectivity index (χ0n) is 13.0. The van der Waals surface area contributed by atoms with Gasteiger partial charge in [-0.2, -0.15) is 0 Å². The minimum absolute atomic E-state index is 0.436. The molecule has 0 aliphatic carbocycles. The molecule has 1 fully saturated rings. The van der Waals surface area contributed by atoms with E-state index in [9.17, 15) is 0 Å². The van der Waals surface area contributed by atoms with Crippen LogP contribution in [0.1, 0.15) is 59.8 Å². The van der Waals surface area contributed by atoms with Gasteiger partial charge in [-0.15, -0.1) is 0 Å². The largest absolute Gasteiger partial charge is 0.330 e. The Bertz CT molecular complexity index is 215. The van der Waals surface area contributed by atoms with Gasteiger partial charge in [0.25, 0.3) is 0 Å². The Morgan fingerprint density at radius 3 is 2.28 bits per heavy atom. The number of rotatable bonds is 7. The first-order valence-electron chi connectivity index (χ1n) is 7.87. The van der Waals surface area contributed by atoms with E-state index in [0.29, 0.717) is 5.41 Å². The van der Waals surface area contributed by atoms with Crippen molar-refractivity contribution in [3.63, 3.8) is 0 Å². The maximum atomic E-state index is 5.66. The average molecular weight is 254 g/mol. The average Bonchev–Trinajstić information content (AvgIpc) is 2.29. The molecule has 18 heavy (non-hydrogen) atoms. The van der Waals surface area contributed by atoms with E-state index in [2.05, 4.69) is 32.6 Å². The highest BCUT2D eigenvalue weighted by Crippen LogP contribution is 2.27. The standard InChI is InChI=1S/C16H34N2/c1-14(2)15-6-12-18(13-7-15)11-5-8-16(3,4)9-10-17/h14-15H,5-13,17H2,1-4H3. The van der Waals surface area contributed by atoms with E-state index in [1.807, 2.05) is 0 Å². The molecule has 0 unspecified atom stereocenters. The fourth-order valence-corrected chi connectivity index (χ4v) is 3.14. The van der Waals surface area contributed by atoms with E-state index in [1.54, 1.807) is 0 Å². The summed E-state index contributed by atoms with van der Waals surface area (Å²) in [4.78, 5) is 2.66. The van der Waals surface area contributed by atoms with Crippen molar-refractivity contribution >= 4 is 0 Å². The molecule has 2 nitrogen and oxygen atoms in total. The zero-order valence-corrected chi connectivity index (χ0v) is 13.0. The lowest BCUT2D eigenvalue weighted by atomic mass is 9.84. The van der Waals surface area contributed by atoms with Crippen LogP contribution in [0, 0.1) is 17.3 Å². The molecule has 1 aliphatic rings. The molecule has 0 radical (unpaired) electrons. The molecule has 0 bridgehead atoms. The normalized spacial score (nSPS) is 19.7. The zero-order chi connectivity index (χ0) is 13.6. The van der Waals surface area contributed by atoms with Crippen molar-refractivity contribution in [2.75, 3.05) is 26.2 Å². The summed E-state index contributed by atoms with van der Waals surface area (Å²) in [5.41, 5.74) is 6.10. The van der Waals surface area contributed by atoms with E-state index in [4.69, 9.17) is 5.73 Å². The molecule has 2 N–H and O–H groups in total. The topological polar surface area (TPSA) is 29.3 Å². The number of likely N-dealkylation sites (tertiary alicyclic amines) is 1. The molecule has 2 heteroatoms. The van der Waals surface area contributed by atoms with Crippen LogP contribution < -0.4 is 5.73 Å². The van der Waals surface area contributed by atoms with Crippen molar-refractivity contribution in [3.05, 3.63) is 0 Å². The lowest BCUT2D eigenvalue weighted by molar-refractivity contribution is 0.149. The minimum atomic E-state index is 0.436. The fraction of sp³-hybridized carbons (Fsp3) is 1.00. The molecule has 0 spiro atoms.